The minimum atomic E-state index is 0.612. The summed E-state index contributed by atoms with van der Waals surface area (Å²) >= 11 is 4.75. The third-order valence-electron chi connectivity index (χ3n) is 2.28. The van der Waals surface area contributed by atoms with Gasteiger partial charge in [-0.3, -0.25) is 0 Å². The second kappa shape index (κ2) is 16.5. The number of carbonyl (C=O) groups excluding carboxylic acids is 1. The van der Waals surface area contributed by atoms with Crippen LogP contribution in [-0.2, 0) is 23.1 Å². The van der Waals surface area contributed by atoms with E-state index < -0.39 is 0 Å². The SMILES string of the molecule is Cc1ccc([C-]=O)cc1.[CH]1[CH][CH][CH][CH]1.[CH]1[CH][CH][CH][CH]1.[Ti+3][Br]. The van der Waals surface area contributed by atoms with Crippen LogP contribution in [0.3, 0.4) is 0 Å². The van der Waals surface area contributed by atoms with E-state index in [2.05, 4.69) is 13.2 Å². The molecule has 0 N–H and O–H groups in total. The number of rotatable bonds is 1. The van der Waals surface area contributed by atoms with Crippen molar-refractivity contribution in [2.75, 3.05) is 0 Å². The van der Waals surface area contributed by atoms with Crippen LogP contribution in [0, 0.1) is 71.1 Å². The summed E-state index contributed by atoms with van der Waals surface area (Å²) in [6.07, 6.45) is 21.8. The fourth-order valence-corrected chi connectivity index (χ4v) is 1.26. The molecule has 0 bridgehead atoms. The maximum atomic E-state index is 9.99. The van der Waals surface area contributed by atoms with E-state index in [1.165, 1.54) is 0 Å². The molecule has 1 aromatic rings. The van der Waals surface area contributed by atoms with Gasteiger partial charge in [0.1, 0.15) is 0 Å². The van der Waals surface area contributed by atoms with Crippen molar-refractivity contribution >= 4 is 19.4 Å². The molecule has 0 saturated heterocycles. The fraction of sp³-hybridized carbons (Fsp3) is 0.0556. The van der Waals surface area contributed by atoms with Crippen LogP contribution in [0.4, 0.5) is 0 Å². The van der Waals surface area contributed by atoms with Crippen molar-refractivity contribution in [1.82, 2.24) is 0 Å². The Kier molecular flexibility index (Phi) is 16.5. The van der Waals surface area contributed by atoms with Gasteiger partial charge in [-0.05, 0) is 71.1 Å². The first kappa shape index (κ1) is 21.1. The van der Waals surface area contributed by atoms with Crippen LogP contribution in [0.25, 0.3) is 0 Å². The molecule has 1 aromatic carbocycles. The minimum absolute atomic E-state index is 0.612. The van der Waals surface area contributed by atoms with E-state index in [1.807, 2.05) is 102 Å². The van der Waals surface area contributed by atoms with Crippen LogP contribution in [0.2, 0.25) is 0 Å². The van der Waals surface area contributed by atoms with Gasteiger partial charge in [0, 0.05) is 0 Å². The van der Waals surface area contributed by atoms with E-state index in [4.69, 9.17) is 0 Å². The molecule has 0 spiro atoms. The van der Waals surface area contributed by atoms with E-state index in [0.29, 0.717) is 5.56 Å². The fourth-order valence-electron chi connectivity index (χ4n) is 1.26. The predicted molar refractivity (Wildman–Crippen MR) is 87.9 cm³/mol. The standard InChI is InChI=1S/C8H7O.2C5H5.BrH.Ti/c1-7-2-4-8(6-9)5-3-7;2*1-2-4-5-3-1;;/h2-5H,1H3;2*1-5H;1H;/q-1;;;;+4/p-1. The van der Waals surface area contributed by atoms with Crippen molar-refractivity contribution in [3.05, 3.63) is 99.6 Å². The monoisotopic (exact) mass is 376 g/mol. The summed E-state index contributed by atoms with van der Waals surface area (Å²) in [6.45, 7) is 1.98. The Morgan fingerprint density at radius 3 is 1.24 bits per heavy atom. The molecule has 3 rings (SSSR count). The van der Waals surface area contributed by atoms with Gasteiger partial charge in [-0.2, -0.15) is 17.7 Å². The van der Waals surface area contributed by atoms with Crippen molar-refractivity contribution in [2.24, 2.45) is 0 Å². The van der Waals surface area contributed by atoms with Crippen LogP contribution < -0.4 is 0 Å². The normalized spacial score (nSPS) is 15.6. The first-order chi connectivity index (χ1) is 10.3. The molecular formula is C18H17BrOTi+2. The van der Waals surface area contributed by atoms with Gasteiger partial charge in [0.15, 0.2) is 0 Å². The van der Waals surface area contributed by atoms with Crippen molar-refractivity contribution in [3.63, 3.8) is 0 Å². The van der Waals surface area contributed by atoms with E-state index in [9.17, 15) is 4.79 Å². The molecule has 2 aliphatic carbocycles. The maximum absolute atomic E-state index is 9.99. The molecule has 21 heavy (non-hydrogen) atoms. The molecule has 2 aliphatic rings. The van der Waals surface area contributed by atoms with Gasteiger partial charge in [-0.25, -0.2) is 0 Å². The number of halogens is 1. The zero-order chi connectivity index (χ0) is 15.8. The first-order valence-electron chi connectivity index (χ1n) is 6.30. The Labute approximate surface area is 148 Å². The summed E-state index contributed by atoms with van der Waals surface area (Å²) < 4.78 is 0. The van der Waals surface area contributed by atoms with E-state index in [1.54, 1.807) is 18.4 Å². The molecule has 1 nitrogen and oxygen atoms in total. The topological polar surface area (TPSA) is 17.1 Å². The summed E-state index contributed by atoms with van der Waals surface area (Å²) in [4.78, 5) is 9.99. The van der Waals surface area contributed by atoms with Crippen LogP contribution in [0.15, 0.2) is 24.3 Å². The Bertz CT molecular complexity index is 304. The molecule has 3 heteroatoms. The summed E-state index contributed by atoms with van der Waals surface area (Å²) in [5, 5.41) is 0. The van der Waals surface area contributed by atoms with Crippen LogP contribution in [0.5, 0.6) is 0 Å². The van der Waals surface area contributed by atoms with Gasteiger partial charge >= 0.3 is 31.5 Å². The van der Waals surface area contributed by atoms with Gasteiger partial charge in [0.25, 0.3) is 0 Å². The van der Waals surface area contributed by atoms with Crippen molar-refractivity contribution in [1.29, 1.82) is 0 Å². The molecule has 0 unspecified atom stereocenters. The quantitative estimate of drug-likeness (QED) is 0.526. The van der Waals surface area contributed by atoms with Gasteiger partial charge in [-0.15, -0.1) is 12.1 Å². The predicted octanol–water partition coefficient (Wildman–Crippen LogP) is 4.34. The van der Waals surface area contributed by atoms with Gasteiger partial charge < -0.3 is 4.79 Å². The van der Waals surface area contributed by atoms with Crippen molar-refractivity contribution in [2.45, 2.75) is 6.92 Å². The van der Waals surface area contributed by atoms with Crippen molar-refractivity contribution in [3.8, 4) is 0 Å². The second-order valence-electron chi connectivity index (χ2n) is 3.89. The Hall–Kier alpha value is 0.0843. The number of benzene rings is 1. The zero-order valence-corrected chi connectivity index (χ0v) is 15.0. The third-order valence-corrected chi connectivity index (χ3v) is 2.28. The number of hydrogen-bond acceptors (Lipinski definition) is 1. The van der Waals surface area contributed by atoms with Gasteiger partial charge in [0.05, 0.1) is 6.29 Å². The second-order valence-corrected chi connectivity index (χ2v) is 3.89. The van der Waals surface area contributed by atoms with Gasteiger partial charge in [0.2, 0.25) is 0 Å². The summed E-state index contributed by atoms with van der Waals surface area (Å²) in [5.74, 6) is 0. The molecule has 0 aliphatic heterocycles. The van der Waals surface area contributed by atoms with Crippen LogP contribution >= 0.6 is 13.2 Å². The summed E-state index contributed by atoms with van der Waals surface area (Å²) in [5.41, 5.74) is 1.77. The molecule has 104 valence electrons. The molecule has 2 fully saturated rings. The third kappa shape index (κ3) is 13.5. The van der Waals surface area contributed by atoms with E-state index in [-0.39, 0.29) is 0 Å². The molecular weight excluding hydrogens is 360 g/mol. The Morgan fingerprint density at radius 1 is 0.714 bits per heavy atom. The van der Waals surface area contributed by atoms with Crippen LogP contribution in [0.1, 0.15) is 11.1 Å². The molecule has 0 aromatic heterocycles. The summed E-state index contributed by atoms with van der Waals surface area (Å²) in [7, 11) is 0. The zero-order valence-electron chi connectivity index (χ0n) is 11.9. The van der Waals surface area contributed by atoms with E-state index in [0.717, 1.165) is 5.56 Å². The average Bonchev–Trinajstić information content (AvgIpc) is 3.28. The molecule has 0 heterocycles. The Balaban J connectivity index is 0.000000286. The molecule has 0 atom stereocenters. The van der Waals surface area contributed by atoms with Crippen LogP contribution in [-0.4, -0.2) is 6.29 Å². The molecule has 10 radical (unpaired) electrons. The Morgan fingerprint density at radius 2 is 1.00 bits per heavy atom. The first-order valence-corrected chi connectivity index (χ1v) is 10.2. The molecule has 2 saturated carbocycles. The number of hydrogen-bond donors (Lipinski definition) is 0. The average molecular weight is 377 g/mol. The summed E-state index contributed by atoms with van der Waals surface area (Å²) in [6, 6.07) is 7.28. The van der Waals surface area contributed by atoms with Crippen molar-refractivity contribution < 1.29 is 23.1 Å². The van der Waals surface area contributed by atoms with Gasteiger partial charge in [-0.1, -0.05) is 5.56 Å². The molecule has 0 amide bonds. The number of aryl methyl sites for hydroxylation is 1. The van der Waals surface area contributed by atoms with E-state index >= 15 is 0 Å².